The largest absolute Gasteiger partial charge is 0.497 e. The first-order chi connectivity index (χ1) is 13.0. The number of carbonyl (C=O) groups excluding carboxylic acids is 2. The van der Waals surface area contributed by atoms with Crippen LogP contribution in [-0.2, 0) is 16.0 Å². The fourth-order valence-corrected chi connectivity index (χ4v) is 2.39. The number of rotatable bonds is 9. The van der Waals surface area contributed by atoms with E-state index in [2.05, 4.69) is 10.6 Å². The molecule has 0 aliphatic heterocycles. The lowest BCUT2D eigenvalue weighted by molar-refractivity contribution is -0.120. The van der Waals surface area contributed by atoms with Crippen LogP contribution in [0.5, 0.6) is 11.5 Å². The summed E-state index contributed by atoms with van der Waals surface area (Å²) in [5, 5.41) is 5.58. The summed E-state index contributed by atoms with van der Waals surface area (Å²) < 4.78 is 15.2. The van der Waals surface area contributed by atoms with Gasteiger partial charge in [0.15, 0.2) is 0 Å². The molecule has 7 nitrogen and oxygen atoms in total. The lowest BCUT2D eigenvalue weighted by Crippen LogP contribution is -2.28. The minimum Gasteiger partial charge on any atom is -0.497 e. The molecular formula is C20H24N2O5. The number of ether oxygens (including phenoxy) is 3. The van der Waals surface area contributed by atoms with E-state index in [4.69, 9.17) is 14.2 Å². The maximum absolute atomic E-state index is 12.5. The van der Waals surface area contributed by atoms with E-state index in [1.165, 1.54) is 14.2 Å². The molecule has 0 saturated heterocycles. The molecule has 0 unspecified atom stereocenters. The fraction of sp³-hybridized carbons (Fsp3) is 0.300. The Morgan fingerprint density at radius 1 is 0.926 bits per heavy atom. The number of nitrogens with one attached hydrogen (secondary N) is 2. The number of carbonyl (C=O) groups is 2. The zero-order chi connectivity index (χ0) is 19.6. The molecule has 0 aliphatic carbocycles. The molecular weight excluding hydrogens is 348 g/mol. The number of anilines is 1. The van der Waals surface area contributed by atoms with Crippen LogP contribution < -0.4 is 20.1 Å². The van der Waals surface area contributed by atoms with Gasteiger partial charge in [0.25, 0.3) is 5.91 Å². The third-order valence-corrected chi connectivity index (χ3v) is 3.82. The number of amides is 2. The molecule has 2 amide bonds. The zero-order valence-corrected chi connectivity index (χ0v) is 15.7. The van der Waals surface area contributed by atoms with E-state index in [0.717, 1.165) is 5.56 Å². The zero-order valence-electron chi connectivity index (χ0n) is 15.7. The average Bonchev–Trinajstić information content (AvgIpc) is 2.69. The topological polar surface area (TPSA) is 85.9 Å². The summed E-state index contributed by atoms with van der Waals surface area (Å²) in [5.74, 6) is 0.716. The lowest BCUT2D eigenvalue weighted by Gasteiger charge is -2.10. The Labute approximate surface area is 158 Å². The van der Waals surface area contributed by atoms with Gasteiger partial charge in [0, 0.05) is 31.0 Å². The van der Waals surface area contributed by atoms with Crippen LogP contribution in [0.1, 0.15) is 15.9 Å². The van der Waals surface area contributed by atoms with Gasteiger partial charge in [-0.15, -0.1) is 0 Å². The Hall–Kier alpha value is -3.06. The van der Waals surface area contributed by atoms with E-state index in [1.54, 1.807) is 49.6 Å². The molecule has 0 saturated carbocycles. The summed E-state index contributed by atoms with van der Waals surface area (Å²) in [5.41, 5.74) is 1.91. The smallest absolute Gasteiger partial charge is 0.255 e. The van der Waals surface area contributed by atoms with Gasteiger partial charge in [-0.3, -0.25) is 9.59 Å². The molecule has 0 aliphatic rings. The molecule has 0 fully saturated rings. The predicted molar refractivity (Wildman–Crippen MR) is 103 cm³/mol. The van der Waals surface area contributed by atoms with Crippen molar-refractivity contribution >= 4 is 17.5 Å². The first-order valence-electron chi connectivity index (χ1n) is 8.44. The number of benzene rings is 2. The molecule has 0 bridgehead atoms. The second kappa shape index (κ2) is 10.2. The molecule has 144 valence electrons. The molecule has 0 spiro atoms. The van der Waals surface area contributed by atoms with Gasteiger partial charge in [0.2, 0.25) is 5.91 Å². The van der Waals surface area contributed by atoms with Crippen LogP contribution in [-0.4, -0.2) is 46.3 Å². The van der Waals surface area contributed by atoms with Crippen molar-refractivity contribution < 1.29 is 23.8 Å². The molecule has 0 aromatic heterocycles. The normalized spacial score (nSPS) is 10.2. The summed E-state index contributed by atoms with van der Waals surface area (Å²) in [6, 6.07) is 12.1. The molecule has 2 aromatic rings. The highest BCUT2D eigenvalue weighted by Gasteiger charge is 2.11. The van der Waals surface area contributed by atoms with Crippen molar-refractivity contribution in [2.75, 3.05) is 39.8 Å². The van der Waals surface area contributed by atoms with Gasteiger partial charge >= 0.3 is 0 Å². The second-order valence-electron chi connectivity index (χ2n) is 5.77. The molecule has 0 atom stereocenters. The van der Waals surface area contributed by atoms with Crippen LogP contribution >= 0.6 is 0 Å². The monoisotopic (exact) mass is 372 g/mol. The van der Waals surface area contributed by atoms with E-state index in [1.807, 2.05) is 0 Å². The molecule has 2 rings (SSSR count). The van der Waals surface area contributed by atoms with Crippen molar-refractivity contribution in [3.63, 3.8) is 0 Å². The minimum absolute atomic E-state index is 0.0766. The highest BCUT2D eigenvalue weighted by molar-refractivity contribution is 6.04. The lowest BCUT2D eigenvalue weighted by atomic mass is 10.1. The molecule has 2 N–H and O–H groups in total. The third-order valence-electron chi connectivity index (χ3n) is 3.82. The summed E-state index contributed by atoms with van der Waals surface area (Å²) in [7, 11) is 4.64. The van der Waals surface area contributed by atoms with Crippen molar-refractivity contribution in [2.24, 2.45) is 0 Å². The minimum atomic E-state index is -0.280. The van der Waals surface area contributed by atoms with E-state index in [-0.39, 0.29) is 18.2 Å². The average molecular weight is 372 g/mol. The van der Waals surface area contributed by atoms with Gasteiger partial charge in [-0.1, -0.05) is 12.1 Å². The van der Waals surface area contributed by atoms with Gasteiger partial charge < -0.3 is 24.8 Å². The third kappa shape index (κ3) is 6.31. The maximum Gasteiger partial charge on any atom is 0.255 e. The van der Waals surface area contributed by atoms with Crippen LogP contribution in [0.25, 0.3) is 0 Å². The van der Waals surface area contributed by atoms with Gasteiger partial charge in [0.1, 0.15) is 11.5 Å². The van der Waals surface area contributed by atoms with Crippen LogP contribution in [0.4, 0.5) is 5.69 Å². The van der Waals surface area contributed by atoms with Gasteiger partial charge in [-0.2, -0.15) is 0 Å². The summed E-state index contributed by atoms with van der Waals surface area (Å²) in [4.78, 5) is 24.3. The number of hydrogen-bond donors (Lipinski definition) is 2. The maximum atomic E-state index is 12.5. The molecule has 0 heterocycles. The first kappa shape index (κ1) is 20.3. The Morgan fingerprint density at radius 2 is 1.56 bits per heavy atom. The summed E-state index contributed by atoms with van der Waals surface area (Å²) in [6.45, 7) is 0.958. The highest BCUT2D eigenvalue weighted by Crippen LogP contribution is 2.23. The standard InChI is InChI=1S/C20H24N2O5/c1-25-9-8-21-19(23)10-14-4-6-16(7-5-14)22-20(24)15-11-17(26-2)13-18(12-15)27-3/h4-7,11-13H,8-10H2,1-3H3,(H,21,23)(H,22,24). The fourth-order valence-electron chi connectivity index (χ4n) is 2.39. The quantitative estimate of drug-likeness (QED) is 0.660. The molecule has 27 heavy (non-hydrogen) atoms. The Balaban J connectivity index is 1.98. The van der Waals surface area contributed by atoms with Crippen molar-refractivity contribution in [1.82, 2.24) is 5.32 Å². The summed E-state index contributed by atoms with van der Waals surface area (Å²) in [6.07, 6.45) is 0.269. The predicted octanol–water partition coefficient (Wildman–Crippen LogP) is 2.26. The van der Waals surface area contributed by atoms with Crippen LogP contribution in [0.3, 0.4) is 0 Å². The SMILES string of the molecule is COCCNC(=O)Cc1ccc(NC(=O)c2cc(OC)cc(OC)c2)cc1. The Kier molecular flexibility index (Phi) is 7.63. The van der Waals surface area contributed by atoms with Gasteiger partial charge in [-0.05, 0) is 29.8 Å². The number of methoxy groups -OCH3 is 3. The Morgan fingerprint density at radius 3 is 2.11 bits per heavy atom. The van der Waals surface area contributed by atoms with Crippen molar-refractivity contribution in [2.45, 2.75) is 6.42 Å². The van der Waals surface area contributed by atoms with Crippen molar-refractivity contribution in [3.05, 3.63) is 53.6 Å². The molecule has 7 heteroatoms. The summed E-state index contributed by atoms with van der Waals surface area (Å²) >= 11 is 0. The van der Waals surface area contributed by atoms with Gasteiger partial charge in [0.05, 0.1) is 27.2 Å². The Bertz CT molecular complexity index is 752. The van der Waals surface area contributed by atoms with Crippen molar-refractivity contribution in [3.8, 4) is 11.5 Å². The van der Waals surface area contributed by atoms with Crippen molar-refractivity contribution in [1.29, 1.82) is 0 Å². The van der Waals surface area contributed by atoms with Crippen LogP contribution in [0, 0.1) is 0 Å². The van der Waals surface area contributed by atoms with E-state index in [9.17, 15) is 9.59 Å². The van der Waals surface area contributed by atoms with Gasteiger partial charge in [-0.25, -0.2) is 0 Å². The highest BCUT2D eigenvalue weighted by atomic mass is 16.5. The number of hydrogen-bond acceptors (Lipinski definition) is 5. The first-order valence-corrected chi connectivity index (χ1v) is 8.44. The van der Waals surface area contributed by atoms with E-state index < -0.39 is 0 Å². The van der Waals surface area contributed by atoms with Crippen LogP contribution in [0.15, 0.2) is 42.5 Å². The van der Waals surface area contributed by atoms with E-state index in [0.29, 0.717) is 35.9 Å². The second-order valence-corrected chi connectivity index (χ2v) is 5.77. The molecule has 2 aromatic carbocycles. The van der Waals surface area contributed by atoms with E-state index >= 15 is 0 Å². The molecule has 0 radical (unpaired) electrons. The van der Waals surface area contributed by atoms with Crippen LogP contribution in [0.2, 0.25) is 0 Å².